The van der Waals surface area contributed by atoms with Gasteiger partial charge < -0.3 is 15.0 Å². The highest BCUT2D eigenvalue weighted by atomic mass is 32.2. The number of nitrogens with zero attached hydrogens (tertiary/aromatic N) is 2. The number of non-ortho nitro benzene ring substituents is 1. The van der Waals surface area contributed by atoms with Gasteiger partial charge in [-0.25, -0.2) is 8.42 Å². The molecule has 11 heteroatoms. The van der Waals surface area contributed by atoms with Crippen LogP contribution in [0.1, 0.15) is 15.9 Å². The molecule has 0 atom stereocenters. The van der Waals surface area contributed by atoms with Crippen LogP contribution >= 0.6 is 0 Å². The molecule has 3 aromatic rings. The number of benzene rings is 3. The van der Waals surface area contributed by atoms with E-state index >= 15 is 0 Å². The van der Waals surface area contributed by atoms with Gasteiger partial charge in [-0.15, -0.1) is 0 Å². The summed E-state index contributed by atoms with van der Waals surface area (Å²) in [5.41, 5.74) is 1.27. The number of amides is 1. The van der Waals surface area contributed by atoms with Gasteiger partial charge >= 0.3 is 0 Å². The lowest BCUT2D eigenvalue weighted by molar-refractivity contribution is -0.384. The van der Waals surface area contributed by atoms with Crippen molar-refractivity contribution in [3.8, 4) is 5.75 Å². The first-order valence-corrected chi connectivity index (χ1v) is 11.6. The molecule has 0 aliphatic rings. The predicted octanol–water partition coefficient (Wildman–Crippen LogP) is 4.03. The number of hydrogen-bond donors (Lipinski definition) is 2. The van der Waals surface area contributed by atoms with Gasteiger partial charge in [0.15, 0.2) is 0 Å². The first-order chi connectivity index (χ1) is 16.0. The van der Waals surface area contributed by atoms with Crippen molar-refractivity contribution in [2.75, 3.05) is 36.1 Å². The van der Waals surface area contributed by atoms with E-state index in [-0.39, 0.29) is 27.5 Å². The quantitative estimate of drug-likeness (QED) is 0.364. The van der Waals surface area contributed by atoms with Crippen LogP contribution in [0, 0.1) is 17.0 Å². The van der Waals surface area contributed by atoms with Gasteiger partial charge in [-0.2, -0.15) is 0 Å². The zero-order valence-corrected chi connectivity index (χ0v) is 19.8. The minimum Gasteiger partial charge on any atom is -0.495 e. The number of para-hydroxylation sites is 2. The summed E-state index contributed by atoms with van der Waals surface area (Å²) in [7, 11) is 0.830. The van der Waals surface area contributed by atoms with Crippen molar-refractivity contribution in [2.45, 2.75) is 11.8 Å². The van der Waals surface area contributed by atoms with Crippen molar-refractivity contribution in [1.82, 2.24) is 0 Å². The average molecular weight is 485 g/mol. The van der Waals surface area contributed by atoms with Gasteiger partial charge in [0.2, 0.25) is 0 Å². The number of carbonyl (C=O) groups excluding carboxylic acids is 1. The molecule has 0 saturated heterocycles. The molecule has 1 amide bonds. The van der Waals surface area contributed by atoms with Crippen molar-refractivity contribution in [1.29, 1.82) is 0 Å². The second-order valence-corrected chi connectivity index (χ2v) is 9.24. The van der Waals surface area contributed by atoms with E-state index in [1.165, 1.54) is 31.4 Å². The van der Waals surface area contributed by atoms with Crippen molar-refractivity contribution in [2.24, 2.45) is 0 Å². The van der Waals surface area contributed by atoms with Crippen molar-refractivity contribution in [3.63, 3.8) is 0 Å². The van der Waals surface area contributed by atoms with Crippen LogP contribution in [0.25, 0.3) is 0 Å². The van der Waals surface area contributed by atoms with Crippen molar-refractivity contribution in [3.05, 3.63) is 81.9 Å². The number of ether oxygens (including phenoxy) is 1. The zero-order chi connectivity index (χ0) is 25.0. The van der Waals surface area contributed by atoms with Gasteiger partial charge in [-0.05, 0) is 42.8 Å². The largest absolute Gasteiger partial charge is 0.495 e. The number of carbonyl (C=O) groups is 1. The fraction of sp³-hybridized carbons (Fsp3) is 0.174. The summed E-state index contributed by atoms with van der Waals surface area (Å²) in [5, 5.41) is 13.8. The third-order valence-corrected chi connectivity index (χ3v) is 6.51. The number of nitro benzene ring substituents is 1. The second-order valence-electron chi connectivity index (χ2n) is 7.59. The molecule has 0 spiro atoms. The SMILES string of the molecule is COc1ccccc1NS(=O)(=O)c1cc(NC(=O)c2cc([N+](=O)[O-])ccc2N(C)C)ccc1C. The Labute approximate surface area is 197 Å². The lowest BCUT2D eigenvalue weighted by Gasteiger charge is -2.17. The summed E-state index contributed by atoms with van der Waals surface area (Å²) in [6.07, 6.45) is 0. The van der Waals surface area contributed by atoms with Crippen molar-refractivity contribution >= 4 is 38.7 Å². The Morgan fingerprint density at radius 2 is 1.76 bits per heavy atom. The molecule has 0 unspecified atom stereocenters. The third kappa shape index (κ3) is 5.26. The highest BCUT2D eigenvalue weighted by Gasteiger charge is 2.22. The van der Waals surface area contributed by atoms with E-state index in [4.69, 9.17) is 4.74 Å². The molecule has 0 fully saturated rings. The summed E-state index contributed by atoms with van der Waals surface area (Å²) in [6.45, 7) is 1.63. The summed E-state index contributed by atoms with van der Waals surface area (Å²) < 4.78 is 33.9. The zero-order valence-electron chi connectivity index (χ0n) is 19.0. The Kier molecular flexibility index (Phi) is 7.06. The normalized spacial score (nSPS) is 10.9. The lowest BCUT2D eigenvalue weighted by Crippen LogP contribution is -2.19. The fourth-order valence-electron chi connectivity index (χ4n) is 3.30. The topological polar surface area (TPSA) is 131 Å². The minimum atomic E-state index is -4.02. The van der Waals surface area contributed by atoms with Gasteiger partial charge in [0.25, 0.3) is 21.6 Å². The molecule has 0 aliphatic heterocycles. The highest BCUT2D eigenvalue weighted by Crippen LogP contribution is 2.29. The maximum atomic E-state index is 13.1. The molecule has 0 aliphatic carbocycles. The molecule has 34 heavy (non-hydrogen) atoms. The Hall–Kier alpha value is -4.12. The number of anilines is 3. The van der Waals surface area contributed by atoms with Gasteiger partial charge in [-0.1, -0.05) is 18.2 Å². The van der Waals surface area contributed by atoms with E-state index in [1.54, 1.807) is 62.3 Å². The van der Waals surface area contributed by atoms with Crippen LogP contribution in [0.4, 0.5) is 22.7 Å². The van der Waals surface area contributed by atoms with E-state index in [0.29, 0.717) is 17.0 Å². The van der Waals surface area contributed by atoms with E-state index in [9.17, 15) is 23.3 Å². The van der Waals surface area contributed by atoms with E-state index in [0.717, 1.165) is 0 Å². The minimum absolute atomic E-state index is 0.0388. The number of aryl methyl sites for hydroxylation is 1. The molecule has 3 aromatic carbocycles. The van der Waals surface area contributed by atoms with Gasteiger partial charge in [0.05, 0.1) is 28.2 Å². The molecule has 2 N–H and O–H groups in total. The molecule has 0 heterocycles. The molecule has 0 aromatic heterocycles. The third-order valence-electron chi connectivity index (χ3n) is 5.00. The summed E-state index contributed by atoms with van der Waals surface area (Å²) in [4.78, 5) is 25.2. The standard InChI is InChI=1S/C23H24N4O6S/c1-15-9-10-16(13-22(15)34(31,32)25-19-7-5-6-8-21(19)33-4)24-23(28)18-14-17(27(29)30)11-12-20(18)26(2)3/h5-14,25H,1-4H3,(H,24,28). The van der Waals surface area contributed by atoms with Crippen LogP contribution in [0.2, 0.25) is 0 Å². The Balaban J connectivity index is 1.95. The van der Waals surface area contributed by atoms with Gasteiger partial charge in [0.1, 0.15) is 5.75 Å². The molecule has 0 bridgehead atoms. The number of nitro groups is 1. The number of methoxy groups -OCH3 is 1. The first kappa shape index (κ1) is 24.5. The van der Waals surface area contributed by atoms with Crippen LogP contribution in [0.5, 0.6) is 5.75 Å². The smallest absolute Gasteiger partial charge is 0.270 e. The van der Waals surface area contributed by atoms with Crippen LogP contribution < -0.4 is 19.7 Å². The highest BCUT2D eigenvalue weighted by molar-refractivity contribution is 7.92. The van der Waals surface area contributed by atoms with Gasteiger partial charge in [-0.3, -0.25) is 19.6 Å². The van der Waals surface area contributed by atoms with Crippen molar-refractivity contribution < 1.29 is 22.9 Å². The molecule has 0 saturated carbocycles. The van der Waals surface area contributed by atoms with Gasteiger partial charge in [0, 0.05) is 37.6 Å². The van der Waals surface area contributed by atoms with Crippen LogP contribution in [-0.4, -0.2) is 40.5 Å². The summed E-state index contributed by atoms with van der Waals surface area (Å²) >= 11 is 0. The Morgan fingerprint density at radius 3 is 2.41 bits per heavy atom. The first-order valence-electron chi connectivity index (χ1n) is 10.1. The molecule has 10 nitrogen and oxygen atoms in total. The number of rotatable bonds is 8. The fourth-order valence-corrected chi connectivity index (χ4v) is 4.65. The van der Waals surface area contributed by atoms with Crippen LogP contribution in [-0.2, 0) is 10.0 Å². The average Bonchev–Trinajstić information content (AvgIpc) is 2.79. The molecular formula is C23H24N4O6S. The molecule has 0 radical (unpaired) electrons. The summed E-state index contributed by atoms with van der Waals surface area (Å²) in [6, 6.07) is 15.0. The monoisotopic (exact) mass is 484 g/mol. The Bertz CT molecular complexity index is 1360. The van der Waals surface area contributed by atoms with E-state index in [2.05, 4.69) is 10.0 Å². The Morgan fingerprint density at radius 1 is 1.06 bits per heavy atom. The summed E-state index contributed by atoms with van der Waals surface area (Å²) in [5.74, 6) is -0.257. The number of nitrogens with one attached hydrogen (secondary N) is 2. The number of sulfonamides is 1. The molecule has 178 valence electrons. The predicted molar refractivity (Wildman–Crippen MR) is 130 cm³/mol. The van der Waals surface area contributed by atoms with Crippen LogP contribution in [0.3, 0.4) is 0 Å². The van der Waals surface area contributed by atoms with E-state index in [1.807, 2.05) is 0 Å². The molecule has 3 rings (SSSR count). The molecular weight excluding hydrogens is 460 g/mol. The lowest BCUT2D eigenvalue weighted by atomic mass is 10.1. The van der Waals surface area contributed by atoms with E-state index < -0.39 is 20.9 Å². The second kappa shape index (κ2) is 9.79. The van der Waals surface area contributed by atoms with Crippen LogP contribution in [0.15, 0.2) is 65.6 Å². The number of hydrogen-bond acceptors (Lipinski definition) is 7. The maximum absolute atomic E-state index is 13.1. The maximum Gasteiger partial charge on any atom is 0.270 e.